The van der Waals surface area contributed by atoms with Crippen molar-refractivity contribution in [2.24, 2.45) is 0 Å². The molecular formula is C11H10N6. The minimum absolute atomic E-state index is 0.174. The lowest BCUT2D eigenvalue weighted by atomic mass is 10.2. The quantitative estimate of drug-likeness (QED) is 0.644. The van der Waals surface area contributed by atoms with Crippen LogP contribution in [-0.2, 0) is 0 Å². The van der Waals surface area contributed by atoms with Gasteiger partial charge in [-0.1, -0.05) is 6.07 Å². The Balaban J connectivity index is 2.40. The van der Waals surface area contributed by atoms with Crippen LogP contribution in [0, 0.1) is 0 Å². The normalized spacial score (nSPS) is 10.8. The van der Waals surface area contributed by atoms with Crippen LogP contribution in [0.15, 0.2) is 36.7 Å². The molecule has 17 heavy (non-hydrogen) atoms. The van der Waals surface area contributed by atoms with E-state index >= 15 is 0 Å². The van der Waals surface area contributed by atoms with E-state index in [-0.39, 0.29) is 5.95 Å². The third kappa shape index (κ3) is 1.46. The Morgan fingerprint density at radius 1 is 1.06 bits per heavy atom. The maximum Gasteiger partial charge on any atom is 0.222 e. The van der Waals surface area contributed by atoms with Crippen LogP contribution in [0.4, 0.5) is 11.8 Å². The highest BCUT2D eigenvalue weighted by Gasteiger charge is 2.09. The molecular weight excluding hydrogens is 216 g/mol. The molecule has 3 rings (SSSR count). The number of rotatable bonds is 1. The second-order valence-electron chi connectivity index (χ2n) is 3.59. The molecule has 0 aliphatic carbocycles. The number of fused-ring (bicyclic) bond motifs is 1. The minimum atomic E-state index is 0.174. The molecule has 0 radical (unpaired) electrons. The molecule has 4 N–H and O–H groups in total. The fraction of sp³-hybridized carbons (Fsp3) is 0. The molecule has 0 fully saturated rings. The van der Waals surface area contributed by atoms with Crippen LogP contribution in [0.25, 0.3) is 16.6 Å². The van der Waals surface area contributed by atoms with Crippen molar-refractivity contribution in [1.29, 1.82) is 0 Å². The van der Waals surface area contributed by atoms with Crippen molar-refractivity contribution < 1.29 is 0 Å². The predicted molar refractivity (Wildman–Crippen MR) is 65.5 cm³/mol. The number of benzene rings is 1. The van der Waals surface area contributed by atoms with Crippen molar-refractivity contribution in [3.63, 3.8) is 0 Å². The van der Waals surface area contributed by atoms with Gasteiger partial charge in [-0.25, -0.2) is 9.67 Å². The van der Waals surface area contributed by atoms with Gasteiger partial charge in [-0.05, 0) is 18.2 Å². The molecule has 2 heterocycles. The van der Waals surface area contributed by atoms with Crippen LogP contribution in [0.1, 0.15) is 0 Å². The molecule has 6 nitrogen and oxygen atoms in total. The van der Waals surface area contributed by atoms with Gasteiger partial charge >= 0.3 is 0 Å². The molecule has 0 aliphatic heterocycles. The zero-order valence-electron chi connectivity index (χ0n) is 8.91. The Kier molecular flexibility index (Phi) is 1.94. The summed E-state index contributed by atoms with van der Waals surface area (Å²) < 4.78 is 1.72. The molecule has 0 spiro atoms. The van der Waals surface area contributed by atoms with Gasteiger partial charge in [-0.15, -0.1) is 0 Å². The van der Waals surface area contributed by atoms with Gasteiger partial charge in [-0.2, -0.15) is 10.1 Å². The Labute approximate surface area is 96.9 Å². The average molecular weight is 226 g/mol. The molecule has 1 aromatic carbocycles. The molecule has 0 saturated carbocycles. The number of hydrogen-bond acceptors (Lipinski definition) is 5. The van der Waals surface area contributed by atoms with Gasteiger partial charge in [0.1, 0.15) is 5.82 Å². The number of anilines is 2. The van der Waals surface area contributed by atoms with Crippen molar-refractivity contribution in [2.75, 3.05) is 11.5 Å². The van der Waals surface area contributed by atoms with E-state index in [0.717, 1.165) is 11.1 Å². The predicted octanol–water partition coefficient (Wildman–Crippen LogP) is 0.980. The van der Waals surface area contributed by atoms with E-state index in [1.54, 1.807) is 10.9 Å². The topological polar surface area (TPSA) is 95.6 Å². The van der Waals surface area contributed by atoms with E-state index in [0.29, 0.717) is 11.3 Å². The van der Waals surface area contributed by atoms with Gasteiger partial charge in [-0.3, -0.25) is 0 Å². The lowest BCUT2D eigenvalue weighted by molar-refractivity contribution is 0.887. The zero-order chi connectivity index (χ0) is 11.8. The number of nitrogen functional groups attached to an aromatic ring is 2. The van der Waals surface area contributed by atoms with Crippen molar-refractivity contribution in [3.05, 3.63) is 36.7 Å². The first-order valence-corrected chi connectivity index (χ1v) is 5.07. The summed E-state index contributed by atoms with van der Waals surface area (Å²) >= 11 is 0. The van der Waals surface area contributed by atoms with Gasteiger partial charge in [0.15, 0.2) is 0 Å². The lowest BCUT2D eigenvalue weighted by Gasteiger charge is -2.08. The fourth-order valence-electron chi connectivity index (χ4n) is 1.81. The minimum Gasteiger partial charge on any atom is -0.383 e. The Bertz CT molecular complexity index is 674. The standard InChI is InChI=1S/C11H10N6/c12-10-9-7(15-11(13)16-10)3-1-4-8(9)17-6-2-5-14-17/h1-6H,(H4,12,13,15,16). The van der Waals surface area contributed by atoms with Gasteiger partial charge < -0.3 is 11.5 Å². The van der Waals surface area contributed by atoms with Crippen LogP contribution >= 0.6 is 0 Å². The molecule has 2 aromatic heterocycles. The third-order valence-corrected chi connectivity index (χ3v) is 2.50. The molecule has 0 amide bonds. The van der Waals surface area contributed by atoms with Gasteiger partial charge in [0.25, 0.3) is 0 Å². The molecule has 0 saturated heterocycles. The molecule has 0 atom stereocenters. The van der Waals surface area contributed by atoms with E-state index in [2.05, 4.69) is 15.1 Å². The van der Waals surface area contributed by atoms with Crippen molar-refractivity contribution >= 4 is 22.7 Å². The molecule has 6 heteroatoms. The van der Waals surface area contributed by atoms with Crippen LogP contribution in [0.3, 0.4) is 0 Å². The first-order valence-electron chi connectivity index (χ1n) is 5.07. The third-order valence-electron chi connectivity index (χ3n) is 2.50. The smallest absolute Gasteiger partial charge is 0.222 e. The first-order chi connectivity index (χ1) is 8.25. The SMILES string of the molecule is Nc1nc(N)c2c(-n3cccn3)cccc2n1. The number of hydrogen-bond donors (Lipinski definition) is 2. The van der Waals surface area contributed by atoms with Crippen molar-refractivity contribution in [2.45, 2.75) is 0 Å². The Morgan fingerprint density at radius 3 is 2.71 bits per heavy atom. The highest BCUT2D eigenvalue weighted by molar-refractivity contribution is 5.95. The summed E-state index contributed by atoms with van der Waals surface area (Å²) in [6.07, 6.45) is 3.54. The zero-order valence-corrected chi connectivity index (χ0v) is 8.91. The second-order valence-corrected chi connectivity index (χ2v) is 3.59. The monoisotopic (exact) mass is 226 g/mol. The fourth-order valence-corrected chi connectivity index (χ4v) is 1.81. The number of nitrogens with zero attached hydrogens (tertiary/aromatic N) is 4. The van der Waals surface area contributed by atoms with Crippen molar-refractivity contribution in [1.82, 2.24) is 19.7 Å². The first kappa shape index (κ1) is 9.59. The van der Waals surface area contributed by atoms with Gasteiger partial charge in [0, 0.05) is 12.4 Å². The maximum atomic E-state index is 5.89. The Morgan fingerprint density at radius 2 is 1.94 bits per heavy atom. The van der Waals surface area contributed by atoms with Gasteiger partial charge in [0.2, 0.25) is 5.95 Å². The number of aromatic nitrogens is 4. The van der Waals surface area contributed by atoms with Gasteiger partial charge in [0.05, 0.1) is 16.6 Å². The second kappa shape index (κ2) is 3.44. The van der Waals surface area contributed by atoms with Crippen LogP contribution in [0.5, 0.6) is 0 Å². The summed E-state index contributed by atoms with van der Waals surface area (Å²) in [5, 5.41) is 4.93. The summed E-state index contributed by atoms with van der Waals surface area (Å²) in [7, 11) is 0. The summed E-state index contributed by atoms with van der Waals surface area (Å²) in [5.41, 5.74) is 13.0. The van der Waals surface area contributed by atoms with E-state index in [1.807, 2.05) is 30.5 Å². The highest BCUT2D eigenvalue weighted by atomic mass is 15.3. The highest BCUT2D eigenvalue weighted by Crippen LogP contribution is 2.25. The van der Waals surface area contributed by atoms with Crippen LogP contribution < -0.4 is 11.5 Å². The molecule has 3 aromatic rings. The molecule has 0 aliphatic rings. The molecule has 0 unspecified atom stereocenters. The maximum absolute atomic E-state index is 5.89. The molecule has 84 valence electrons. The summed E-state index contributed by atoms with van der Waals surface area (Å²) in [4.78, 5) is 8.13. The summed E-state index contributed by atoms with van der Waals surface area (Å²) in [6, 6.07) is 7.47. The van der Waals surface area contributed by atoms with Crippen LogP contribution in [-0.4, -0.2) is 19.7 Å². The summed E-state index contributed by atoms with van der Waals surface area (Å²) in [5.74, 6) is 0.534. The summed E-state index contributed by atoms with van der Waals surface area (Å²) in [6.45, 7) is 0. The number of nitrogens with two attached hydrogens (primary N) is 2. The van der Waals surface area contributed by atoms with Crippen molar-refractivity contribution in [3.8, 4) is 5.69 Å². The lowest BCUT2D eigenvalue weighted by Crippen LogP contribution is -2.04. The average Bonchev–Trinajstić information content (AvgIpc) is 2.80. The largest absolute Gasteiger partial charge is 0.383 e. The molecule has 0 bridgehead atoms. The van der Waals surface area contributed by atoms with Crippen LogP contribution in [0.2, 0.25) is 0 Å². The van der Waals surface area contributed by atoms with E-state index < -0.39 is 0 Å². The Hall–Kier alpha value is -2.63. The van der Waals surface area contributed by atoms with E-state index in [9.17, 15) is 0 Å². The van der Waals surface area contributed by atoms with E-state index in [1.165, 1.54) is 0 Å². The van der Waals surface area contributed by atoms with E-state index in [4.69, 9.17) is 11.5 Å².